The smallest absolute Gasteiger partial charge is 0.245 e. The molecule has 0 amide bonds. The number of anilines is 3. The molecule has 0 unspecified atom stereocenters. The molecule has 3 aromatic rings. The summed E-state index contributed by atoms with van der Waals surface area (Å²) >= 11 is 0. The molecule has 26 heavy (non-hydrogen) atoms. The molecule has 0 radical (unpaired) electrons. The maximum atomic E-state index is 6.02. The van der Waals surface area contributed by atoms with Crippen molar-refractivity contribution in [3.05, 3.63) is 30.1 Å². The van der Waals surface area contributed by atoms with E-state index in [0.717, 1.165) is 61.1 Å². The lowest BCUT2D eigenvalue weighted by molar-refractivity contribution is 0.493. The minimum absolute atomic E-state index is 0.281. The number of aromatic nitrogens is 5. The normalized spacial score (nSPS) is 15.9. The highest BCUT2D eigenvalue weighted by Crippen LogP contribution is 2.23. The van der Waals surface area contributed by atoms with Crippen molar-refractivity contribution in [2.45, 2.75) is 39.2 Å². The average molecular weight is 354 g/mol. The van der Waals surface area contributed by atoms with E-state index in [1.807, 2.05) is 28.9 Å². The Kier molecular flexibility index (Phi) is 4.50. The van der Waals surface area contributed by atoms with E-state index in [2.05, 4.69) is 39.4 Å². The van der Waals surface area contributed by atoms with E-state index in [9.17, 15) is 0 Å². The third kappa shape index (κ3) is 3.50. The highest BCUT2D eigenvalue weighted by molar-refractivity contribution is 5.73. The van der Waals surface area contributed by atoms with Crippen LogP contribution in [0.15, 0.2) is 24.4 Å². The van der Waals surface area contributed by atoms with Gasteiger partial charge in [0.05, 0.1) is 5.69 Å². The van der Waals surface area contributed by atoms with Crippen LogP contribution in [-0.4, -0.2) is 43.9 Å². The second kappa shape index (κ2) is 6.95. The topological polar surface area (TPSA) is 100 Å². The Bertz CT molecular complexity index is 872. The first-order valence-corrected chi connectivity index (χ1v) is 9.25. The van der Waals surface area contributed by atoms with Crippen molar-refractivity contribution in [2.24, 2.45) is 11.7 Å². The van der Waals surface area contributed by atoms with E-state index >= 15 is 0 Å². The summed E-state index contributed by atoms with van der Waals surface area (Å²) in [6.45, 7) is 6.15. The molecule has 1 aliphatic heterocycles. The van der Waals surface area contributed by atoms with Crippen LogP contribution >= 0.6 is 0 Å². The second-order valence-electron chi connectivity index (χ2n) is 7.42. The zero-order chi connectivity index (χ0) is 18.1. The van der Waals surface area contributed by atoms with Gasteiger partial charge in [0, 0.05) is 31.4 Å². The van der Waals surface area contributed by atoms with Gasteiger partial charge in [0.1, 0.15) is 11.3 Å². The number of aromatic amines is 1. The summed E-state index contributed by atoms with van der Waals surface area (Å²) in [5, 5.41) is 15.5. The van der Waals surface area contributed by atoms with Gasteiger partial charge in [-0.05, 0) is 37.3 Å². The third-order valence-electron chi connectivity index (χ3n) is 4.70. The van der Waals surface area contributed by atoms with Crippen molar-refractivity contribution in [1.82, 2.24) is 24.8 Å². The first-order valence-electron chi connectivity index (χ1n) is 9.25. The molecule has 1 aliphatic rings. The summed E-state index contributed by atoms with van der Waals surface area (Å²) in [4.78, 5) is 6.98. The van der Waals surface area contributed by atoms with Gasteiger partial charge in [-0.1, -0.05) is 13.8 Å². The van der Waals surface area contributed by atoms with Crippen molar-refractivity contribution >= 4 is 23.1 Å². The zero-order valence-electron chi connectivity index (χ0n) is 15.3. The molecule has 4 rings (SSSR count). The van der Waals surface area contributed by atoms with Crippen LogP contribution in [0, 0.1) is 5.92 Å². The van der Waals surface area contributed by atoms with Crippen LogP contribution in [-0.2, 0) is 6.42 Å². The highest BCUT2D eigenvalue weighted by atomic mass is 15.4. The fraction of sp³-hybridized carbons (Fsp3) is 0.500. The number of piperidine rings is 1. The summed E-state index contributed by atoms with van der Waals surface area (Å²) in [6.07, 6.45) is 4.82. The molecule has 8 nitrogen and oxygen atoms in total. The van der Waals surface area contributed by atoms with Crippen LogP contribution in [0.25, 0.3) is 5.52 Å². The van der Waals surface area contributed by atoms with E-state index in [-0.39, 0.29) is 6.04 Å². The Morgan fingerprint density at radius 3 is 2.92 bits per heavy atom. The molecule has 0 spiro atoms. The summed E-state index contributed by atoms with van der Waals surface area (Å²) in [6, 6.07) is 6.30. The van der Waals surface area contributed by atoms with Gasteiger partial charge in [0.15, 0.2) is 5.82 Å². The Morgan fingerprint density at radius 2 is 2.15 bits per heavy atom. The average Bonchev–Trinajstić information content (AvgIpc) is 3.24. The van der Waals surface area contributed by atoms with Gasteiger partial charge >= 0.3 is 0 Å². The lowest BCUT2D eigenvalue weighted by Gasteiger charge is -2.30. The highest BCUT2D eigenvalue weighted by Gasteiger charge is 2.20. The molecule has 1 fully saturated rings. The molecule has 0 bridgehead atoms. The van der Waals surface area contributed by atoms with Gasteiger partial charge in [-0.25, -0.2) is 4.52 Å². The van der Waals surface area contributed by atoms with Gasteiger partial charge in [0.2, 0.25) is 5.95 Å². The van der Waals surface area contributed by atoms with Crippen LogP contribution in [0.5, 0.6) is 0 Å². The van der Waals surface area contributed by atoms with E-state index in [1.54, 1.807) is 0 Å². The molecule has 4 N–H and O–H groups in total. The van der Waals surface area contributed by atoms with E-state index in [0.29, 0.717) is 5.92 Å². The summed E-state index contributed by atoms with van der Waals surface area (Å²) in [5.74, 6) is 2.91. The van der Waals surface area contributed by atoms with Crippen LogP contribution in [0.2, 0.25) is 0 Å². The minimum Gasteiger partial charge on any atom is -0.339 e. The van der Waals surface area contributed by atoms with Crippen molar-refractivity contribution < 1.29 is 0 Å². The molecule has 8 heteroatoms. The van der Waals surface area contributed by atoms with Crippen molar-refractivity contribution in [2.75, 3.05) is 23.3 Å². The van der Waals surface area contributed by atoms with Gasteiger partial charge in [-0.2, -0.15) is 10.1 Å². The lowest BCUT2D eigenvalue weighted by atomic mass is 10.1. The molecular weight excluding hydrogens is 328 g/mol. The first kappa shape index (κ1) is 16.8. The van der Waals surface area contributed by atoms with Crippen LogP contribution in [0.4, 0.5) is 17.6 Å². The number of nitrogens with zero attached hydrogens (tertiary/aromatic N) is 5. The molecule has 0 aliphatic carbocycles. The van der Waals surface area contributed by atoms with Gasteiger partial charge in [-0.15, -0.1) is 5.10 Å². The quantitative estimate of drug-likeness (QED) is 0.650. The Hall–Kier alpha value is -2.61. The predicted molar refractivity (Wildman–Crippen MR) is 103 cm³/mol. The van der Waals surface area contributed by atoms with E-state index in [1.165, 1.54) is 0 Å². The molecule has 1 saturated heterocycles. The van der Waals surface area contributed by atoms with Crippen molar-refractivity contribution in [3.8, 4) is 0 Å². The number of H-pyrrole nitrogens is 1. The number of hydrogen-bond acceptors (Lipinski definition) is 6. The third-order valence-corrected chi connectivity index (χ3v) is 4.70. The number of nitrogens with one attached hydrogen (secondary N) is 2. The zero-order valence-corrected chi connectivity index (χ0v) is 15.3. The van der Waals surface area contributed by atoms with Crippen molar-refractivity contribution in [3.63, 3.8) is 0 Å². The molecular formula is C18H26N8. The van der Waals surface area contributed by atoms with Gasteiger partial charge in [0.25, 0.3) is 0 Å². The first-order chi connectivity index (χ1) is 12.6. The van der Waals surface area contributed by atoms with Crippen LogP contribution in [0.3, 0.4) is 0 Å². The van der Waals surface area contributed by atoms with E-state index < -0.39 is 0 Å². The Morgan fingerprint density at radius 1 is 1.35 bits per heavy atom. The summed E-state index contributed by atoms with van der Waals surface area (Å²) < 4.78 is 1.87. The molecule has 0 atom stereocenters. The van der Waals surface area contributed by atoms with Crippen LogP contribution < -0.4 is 16.0 Å². The predicted octanol–water partition coefficient (Wildman–Crippen LogP) is 2.32. The number of fused-ring (bicyclic) bond motifs is 1. The maximum Gasteiger partial charge on any atom is 0.245 e. The molecule has 3 aromatic heterocycles. The SMILES string of the molecule is CC(C)Cc1cc(Nc2nc(N3CCC(N)CC3)nn3cccc23)[nH]n1. The fourth-order valence-corrected chi connectivity index (χ4v) is 3.33. The Balaban J connectivity index is 1.61. The van der Waals surface area contributed by atoms with Crippen LogP contribution in [0.1, 0.15) is 32.4 Å². The number of hydrogen-bond donors (Lipinski definition) is 3. The monoisotopic (exact) mass is 354 g/mol. The van der Waals surface area contributed by atoms with Gasteiger partial charge in [-0.3, -0.25) is 5.10 Å². The summed E-state index contributed by atoms with van der Waals surface area (Å²) in [5.41, 5.74) is 8.00. The fourth-order valence-electron chi connectivity index (χ4n) is 3.33. The molecule has 0 aromatic carbocycles. The number of rotatable bonds is 5. The van der Waals surface area contributed by atoms with Crippen molar-refractivity contribution in [1.29, 1.82) is 0 Å². The maximum absolute atomic E-state index is 6.02. The Labute approximate surface area is 152 Å². The van der Waals surface area contributed by atoms with E-state index in [4.69, 9.17) is 10.7 Å². The standard InChI is InChI=1S/C18H26N8/c1-12(2)10-14-11-16(23-22-14)20-17-15-4-3-7-26(15)24-18(21-17)25-8-5-13(19)6-9-25/h3-4,7,11-13H,5-6,8-10,19H2,1-2H3,(H2,20,21,22,23,24). The molecule has 4 heterocycles. The molecule has 138 valence electrons. The van der Waals surface area contributed by atoms with Gasteiger partial charge < -0.3 is 16.0 Å². The molecule has 0 saturated carbocycles. The second-order valence-corrected chi connectivity index (χ2v) is 7.42. The summed E-state index contributed by atoms with van der Waals surface area (Å²) in [7, 11) is 0. The minimum atomic E-state index is 0.281. The lowest BCUT2D eigenvalue weighted by Crippen LogP contribution is -2.40. The number of nitrogens with two attached hydrogens (primary N) is 1. The largest absolute Gasteiger partial charge is 0.339 e.